The van der Waals surface area contributed by atoms with Gasteiger partial charge in [0.25, 0.3) is 5.91 Å². The minimum Gasteiger partial charge on any atom is -0.496 e. The lowest BCUT2D eigenvalue weighted by Crippen LogP contribution is -2.48. The molecule has 120 valence electrons. The number of amides is 1. The largest absolute Gasteiger partial charge is 0.496 e. The van der Waals surface area contributed by atoms with Crippen molar-refractivity contribution in [2.45, 2.75) is 0 Å². The highest BCUT2D eigenvalue weighted by Crippen LogP contribution is 2.25. The number of anilines is 1. The first kappa shape index (κ1) is 15.6. The van der Waals surface area contributed by atoms with Crippen molar-refractivity contribution in [2.75, 3.05) is 38.2 Å². The zero-order valence-corrected chi connectivity index (χ0v) is 13.7. The maximum Gasteiger partial charge on any atom is 0.257 e. The van der Waals surface area contributed by atoms with E-state index in [2.05, 4.69) is 9.88 Å². The van der Waals surface area contributed by atoms with Crippen LogP contribution in [0.2, 0.25) is 5.02 Å². The Morgan fingerprint density at radius 2 is 1.83 bits per heavy atom. The molecule has 0 spiro atoms. The number of halogens is 1. The van der Waals surface area contributed by atoms with Crippen molar-refractivity contribution in [2.24, 2.45) is 0 Å². The highest BCUT2D eigenvalue weighted by Gasteiger charge is 2.24. The third-order valence-electron chi connectivity index (χ3n) is 4.02. The van der Waals surface area contributed by atoms with Gasteiger partial charge in [0, 0.05) is 49.0 Å². The van der Waals surface area contributed by atoms with Crippen LogP contribution in [0.4, 0.5) is 5.69 Å². The van der Waals surface area contributed by atoms with Crippen molar-refractivity contribution in [3.8, 4) is 5.75 Å². The van der Waals surface area contributed by atoms with Crippen LogP contribution in [-0.2, 0) is 0 Å². The number of benzene rings is 1. The number of aromatic nitrogens is 1. The fourth-order valence-electron chi connectivity index (χ4n) is 2.77. The van der Waals surface area contributed by atoms with E-state index in [1.807, 2.05) is 29.4 Å². The molecule has 1 aromatic heterocycles. The standard InChI is InChI=1S/C17H18ClN3O2/c1-23-16-3-2-13(18)12-15(16)17(22)21-10-8-20(9-11-21)14-4-6-19-7-5-14/h2-7,12H,8-11H2,1H3/p+1. The quantitative estimate of drug-likeness (QED) is 0.865. The number of piperazine rings is 1. The van der Waals surface area contributed by atoms with Gasteiger partial charge in [-0.15, -0.1) is 0 Å². The molecule has 1 fully saturated rings. The molecule has 1 amide bonds. The van der Waals surface area contributed by atoms with E-state index in [1.165, 1.54) is 0 Å². The van der Waals surface area contributed by atoms with E-state index in [9.17, 15) is 4.79 Å². The maximum absolute atomic E-state index is 12.7. The number of carbonyl (C=O) groups is 1. The molecule has 2 aromatic rings. The van der Waals surface area contributed by atoms with E-state index in [0.717, 1.165) is 18.8 Å². The predicted octanol–water partition coefficient (Wildman–Crippen LogP) is 2.13. The number of pyridine rings is 1. The third kappa shape index (κ3) is 3.40. The van der Waals surface area contributed by atoms with Crippen molar-refractivity contribution in [1.82, 2.24) is 4.90 Å². The van der Waals surface area contributed by atoms with Crippen molar-refractivity contribution in [1.29, 1.82) is 0 Å². The second-order valence-electron chi connectivity index (χ2n) is 5.38. The van der Waals surface area contributed by atoms with E-state index in [4.69, 9.17) is 16.3 Å². The third-order valence-corrected chi connectivity index (χ3v) is 4.26. The number of carbonyl (C=O) groups excluding carboxylic acids is 1. The lowest BCUT2D eigenvalue weighted by Gasteiger charge is -2.36. The van der Waals surface area contributed by atoms with Gasteiger partial charge in [0.05, 0.1) is 12.7 Å². The second kappa shape index (κ2) is 6.87. The van der Waals surface area contributed by atoms with Crippen LogP contribution in [0.15, 0.2) is 42.7 Å². The summed E-state index contributed by atoms with van der Waals surface area (Å²) in [4.78, 5) is 19.9. The summed E-state index contributed by atoms with van der Waals surface area (Å²) in [6, 6.07) is 9.20. The number of H-pyrrole nitrogens is 1. The number of methoxy groups -OCH3 is 1. The molecule has 23 heavy (non-hydrogen) atoms. The van der Waals surface area contributed by atoms with E-state index in [1.54, 1.807) is 25.3 Å². The van der Waals surface area contributed by atoms with Crippen LogP contribution in [0, 0.1) is 0 Å². The number of nitrogens with zero attached hydrogens (tertiary/aromatic N) is 2. The Balaban J connectivity index is 1.70. The van der Waals surface area contributed by atoms with Gasteiger partial charge in [-0.3, -0.25) is 4.79 Å². The normalized spacial score (nSPS) is 14.7. The Kier molecular flexibility index (Phi) is 4.67. The fourth-order valence-corrected chi connectivity index (χ4v) is 2.95. The molecule has 1 aliphatic heterocycles. The number of nitrogens with one attached hydrogen (secondary N) is 1. The van der Waals surface area contributed by atoms with Crippen LogP contribution in [0.25, 0.3) is 0 Å². The Morgan fingerprint density at radius 1 is 1.13 bits per heavy atom. The first-order valence-electron chi connectivity index (χ1n) is 7.53. The first-order valence-corrected chi connectivity index (χ1v) is 7.90. The molecule has 5 nitrogen and oxygen atoms in total. The van der Waals surface area contributed by atoms with Gasteiger partial charge < -0.3 is 14.5 Å². The Bertz CT molecular complexity index is 685. The molecule has 0 radical (unpaired) electrons. The average molecular weight is 333 g/mol. The molecular formula is C17H19ClN3O2+. The molecule has 0 saturated carbocycles. The molecule has 6 heteroatoms. The molecule has 0 aliphatic carbocycles. The van der Waals surface area contributed by atoms with Gasteiger partial charge in [0.15, 0.2) is 12.4 Å². The number of rotatable bonds is 3. The smallest absolute Gasteiger partial charge is 0.257 e. The molecule has 0 unspecified atom stereocenters. The highest BCUT2D eigenvalue weighted by molar-refractivity contribution is 6.31. The molecule has 0 atom stereocenters. The molecule has 1 aromatic carbocycles. The number of ether oxygens (including phenoxy) is 1. The molecule has 0 bridgehead atoms. The lowest BCUT2D eigenvalue weighted by atomic mass is 10.1. The Labute approximate surface area is 140 Å². The summed E-state index contributed by atoms with van der Waals surface area (Å²) in [5.74, 6) is 0.519. The lowest BCUT2D eigenvalue weighted by molar-refractivity contribution is -0.377. The zero-order valence-electron chi connectivity index (χ0n) is 13.0. The summed E-state index contributed by atoms with van der Waals surface area (Å²) in [6.07, 6.45) is 3.81. The fraction of sp³-hybridized carbons (Fsp3) is 0.294. The SMILES string of the molecule is COc1ccc(Cl)cc1C(=O)N1CCN(c2cc[nH+]cc2)CC1. The van der Waals surface area contributed by atoms with Crippen LogP contribution in [0.5, 0.6) is 5.75 Å². The van der Waals surface area contributed by atoms with Crippen molar-refractivity contribution in [3.63, 3.8) is 0 Å². The van der Waals surface area contributed by atoms with E-state index in [0.29, 0.717) is 29.4 Å². The molecule has 3 rings (SSSR count). The maximum atomic E-state index is 12.7. The molecule has 1 N–H and O–H groups in total. The number of hydrogen-bond donors (Lipinski definition) is 0. The van der Waals surface area contributed by atoms with Crippen LogP contribution in [0.3, 0.4) is 0 Å². The molecule has 1 aliphatic rings. The van der Waals surface area contributed by atoms with Crippen LogP contribution in [-0.4, -0.2) is 44.1 Å². The minimum atomic E-state index is -0.0367. The molecular weight excluding hydrogens is 314 g/mol. The van der Waals surface area contributed by atoms with Gasteiger partial charge >= 0.3 is 0 Å². The zero-order chi connectivity index (χ0) is 16.2. The van der Waals surface area contributed by atoms with Gasteiger partial charge in [-0.1, -0.05) is 11.6 Å². The first-order chi connectivity index (χ1) is 11.2. The predicted molar refractivity (Wildman–Crippen MR) is 89.1 cm³/mol. The van der Waals surface area contributed by atoms with Gasteiger partial charge in [0.2, 0.25) is 0 Å². The summed E-state index contributed by atoms with van der Waals surface area (Å²) in [5.41, 5.74) is 1.68. The Hall–Kier alpha value is -2.27. The van der Waals surface area contributed by atoms with E-state index < -0.39 is 0 Å². The van der Waals surface area contributed by atoms with Crippen molar-refractivity contribution < 1.29 is 14.5 Å². The van der Waals surface area contributed by atoms with Gasteiger partial charge in [-0.25, -0.2) is 4.98 Å². The van der Waals surface area contributed by atoms with Gasteiger partial charge in [-0.2, -0.15) is 0 Å². The monoisotopic (exact) mass is 332 g/mol. The van der Waals surface area contributed by atoms with Gasteiger partial charge in [-0.05, 0) is 18.2 Å². The molecule has 1 saturated heterocycles. The summed E-state index contributed by atoms with van der Waals surface area (Å²) in [7, 11) is 1.56. The summed E-state index contributed by atoms with van der Waals surface area (Å²) in [6.45, 7) is 2.96. The van der Waals surface area contributed by atoms with E-state index in [-0.39, 0.29) is 5.91 Å². The van der Waals surface area contributed by atoms with Crippen LogP contribution >= 0.6 is 11.6 Å². The number of aromatic amines is 1. The van der Waals surface area contributed by atoms with Crippen LogP contribution < -0.4 is 14.6 Å². The van der Waals surface area contributed by atoms with Crippen LogP contribution in [0.1, 0.15) is 10.4 Å². The summed E-state index contributed by atoms with van der Waals surface area (Å²) >= 11 is 6.02. The highest BCUT2D eigenvalue weighted by atomic mass is 35.5. The molecule has 2 heterocycles. The van der Waals surface area contributed by atoms with E-state index >= 15 is 0 Å². The Morgan fingerprint density at radius 3 is 2.48 bits per heavy atom. The number of hydrogen-bond acceptors (Lipinski definition) is 3. The van der Waals surface area contributed by atoms with Crippen molar-refractivity contribution in [3.05, 3.63) is 53.3 Å². The minimum absolute atomic E-state index is 0.0367. The average Bonchev–Trinajstić information content (AvgIpc) is 2.62. The van der Waals surface area contributed by atoms with Crippen molar-refractivity contribution >= 4 is 23.2 Å². The second-order valence-corrected chi connectivity index (χ2v) is 5.82. The topological polar surface area (TPSA) is 46.9 Å². The summed E-state index contributed by atoms with van der Waals surface area (Å²) in [5, 5.41) is 0.535. The summed E-state index contributed by atoms with van der Waals surface area (Å²) < 4.78 is 5.28. The van der Waals surface area contributed by atoms with Gasteiger partial charge in [0.1, 0.15) is 5.75 Å².